The van der Waals surface area contributed by atoms with Crippen LogP contribution in [0, 0.1) is 5.82 Å². The molecule has 2 unspecified atom stereocenters. The van der Waals surface area contributed by atoms with Gasteiger partial charge in [-0.05, 0) is 19.1 Å². The largest absolute Gasteiger partial charge is 0.478 e. The first kappa shape index (κ1) is 26.0. The van der Waals surface area contributed by atoms with Gasteiger partial charge in [0.2, 0.25) is 0 Å². The van der Waals surface area contributed by atoms with Gasteiger partial charge in [0.25, 0.3) is 0 Å². The van der Waals surface area contributed by atoms with Crippen molar-refractivity contribution < 1.29 is 28.6 Å². The quantitative estimate of drug-likeness (QED) is 0.392. The predicted octanol–water partition coefficient (Wildman–Crippen LogP) is 3.19. The van der Waals surface area contributed by atoms with Gasteiger partial charge in [-0.2, -0.15) is 0 Å². The van der Waals surface area contributed by atoms with Crippen LogP contribution in [0.25, 0.3) is 0 Å². The molecule has 0 bridgehead atoms. The lowest BCUT2D eigenvalue weighted by Crippen LogP contribution is -2.48. The highest BCUT2D eigenvalue weighted by atomic mass is 35.5. The van der Waals surface area contributed by atoms with Crippen LogP contribution in [-0.2, 0) is 19.1 Å². The normalized spacial score (nSPS) is 20.8. The first-order valence-electron chi connectivity index (χ1n) is 11.2. The number of carboxylic acid groups (broad SMARTS) is 1. The molecule has 1 aromatic carbocycles. The monoisotopic (exact) mass is 534 g/mol. The molecule has 0 saturated carbocycles. The third-order valence-corrected chi connectivity index (χ3v) is 6.72. The first-order valence-corrected chi connectivity index (χ1v) is 12.5. The van der Waals surface area contributed by atoms with E-state index >= 15 is 0 Å². The predicted molar refractivity (Wildman–Crippen MR) is 133 cm³/mol. The summed E-state index contributed by atoms with van der Waals surface area (Å²) in [5.41, 5.74) is 1.19. The van der Waals surface area contributed by atoms with Crippen LogP contribution in [0.3, 0.4) is 0 Å². The second kappa shape index (κ2) is 11.7. The molecule has 0 spiro atoms. The van der Waals surface area contributed by atoms with Crippen molar-refractivity contribution in [2.75, 3.05) is 32.9 Å². The topological polar surface area (TPSA) is 113 Å². The third kappa shape index (κ3) is 5.98. The number of aliphatic imine (C=N–C) groups is 1. The average Bonchev–Trinajstić information content (AvgIpc) is 3.38. The molecule has 2 aromatic rings. The summed E-state index contributed by atoms with van der Waals surface area (Å²) < 4.78 is 24.8. The highest BCUT2D eigenvalue weighted by Gasteiger charge is 2.35. The van der Waals surface area contributed by atoms with Crippen molar-refractivity contribution in [1.82, 2.24) is 15.2 Å². The molecule has 3 heterocycles. The standard InChI is InChI=1S/C24H24ClFN4O5S/c1-2-35-24(33)20-18(12-30-8-9-34-13-15(30)4-6-19(31)32)28-22(23-27-7-10-36-23)29-21(20)16-5-3-14(26)11-17(16)25/h3-7,10-11,15,21H,2,8-9,12-13H2,1H3,(H,28,29)(H,31,32)/b6-4+. The summed E-state index contributed by atoms with van der Waals surface area (Å²) in [5.74, 6) is -1.72. The zero-order valence-corrected chi connectivity index (χ0v) is 20.9. The molecule has 2 aliphatic heterocycles. The number of hydrogen-bond acceptors (Lipinski definition) is 9. The number of carbonyl (C=O) groups excluding carboxylic acids is 1. The molecule has 0 radical (unpaired) electrons. The van der Waals surface area contributed by atoms with Crippen LogP contribution < -0.4 is 5.32 Å². The zero-order chi connectivity index (χ0) is 25.7. The van der Waals surface area contributed by atoms with Crippen molar-refractivity contribution in [1.29, 1.82) is 0 Å². The van der Waals surface area contributed by atoms with Gasteiger partial charge in [-0.1, -0.05) is 23.7 Å². The third-order valence-electron chi connectivity index (χ3n) is 5.62. The van der Waals surface area contributed by atoms with Gasteiger partial charge in [-0.3, -0.25) is 9.89 Å². The van der Waals surface area contributed by atoms with E-state index in [1.54, 1.807) is 24.6 Å². The number of thiazole rings is 1. The van der Waals surface area contributed by atoms with Crippen LogP contribution in [0.1, 0.15) is 23.5 Å². The fourth-order valence-corrected chi connectivity index (χ4v) is 4.85. The van der Waals surface area contributed by atoms with E-state index in [4.69, 9.17) is 31.2 Å². The van der Waals surface area contributed by atoms with Gasteiger partial charge in [-0.15, -0.1) is 11.3 Å². The van der Waals surface area contributed by atoms with Crippen LogP contribution in [0.5, 0.6) is 0 Å². The fourth-order valence-electron chi connectivity index (χ4n) is 3.99. The molecule has 1 fully saturated rings. The summed E-state index contributed by atoms with van der Waals surface area (Å²) in [4.78, 5) is 35.4. The first-order chi connectivity index (χ1) is 17.4. The Bertz CT molecular complexity index is 1220. The van der Waals surface area contributed by atoms with Crippen LogP contribution in [-0.4, -0.2) is 71.7 Å². The second-order valence-corrected chi connectivity index (χ2v) is 9.23. The van der Waals surface area contributed by atoms with Crippen molar-refractivity contribution in [3.05, 3.63) is 74.6 Å². The average molecular weight is 535 g/mol. The van der Waals surface area contributed by atoms with E-state index < -0.39 is 23.8 Å². The van der Waals surface area contributed by atoms with Gasteiger partial charge in [0.05, 0.1) is 31.4 Å². The van der Waals surface area contributed by atoms with E-state index in [2.05, 4.69) is 10.3 Å². The van der Waals surface area contributed by atoms with Gasteiger partial charge in [0.1, 0.15) is 11.9 Å². The van der Waals surface area contributed by atoms with Crippen molar-refractivity contribution in [2.24, 2.45) is 4.99 Å². The molecule has 4 rings (SSSR count). The number of benzene rings is 1. The number of esters is 1. The second-order valence-electron chi connectivity index (χ2n) is 7.93. The fraction of sp³-hybridized carbons (Fsp3) is 0.333. The molecule has 2 aliphatic rings. The molecule has 0 amide bonds. The summed E-state index contributed by atoms with van der Waals surface area (Å²) in [6, 6.07) is 2.73. The molecule has 0 aliphatic carbocycles. The maximum Gasteiger partial charge on any atom is 0.338 e. The number of aromatic nitrogens is 1. The number of carboxylic acids is 1. The number of nitrogens with zero attached hydrogens (tertiary/aromatic N) is 3. The van der Waals surface area contributed by atoms with Gasteiger partial charge in [0.15, 0.2) is 10.8 Å². The van der Waals surface area contributed by atoms with E-state index in [0.29, 0.717) is 41.9 Å². The lowest BCUT2D eigenvalue weighted by molar-refractivity contribution is -0.139. The van der Waals surface area contributed by atoms with E-state index in [9.17, 15) is 14.0 Å². The van der Waals surface area contributed by atoms with Crippen molar-refractivity contribution in [2.45, 2.75) is 19.0 Å². The van der Waals surface area contributed by atoms with E-state index in [1.165, 1.54) is 29.5 Å². The molecule has 36 heavy (non-hydrogen) atoms. The summed E-state index contributed by atoms with van der Waals surface area (Å²) in [7, 11) is 0. The maximum absolute atomic E-state index is 13.8. The van der Waals surface area contributed by atoms with E-state index in [0.717, 1.165) is 6.08 Å². The Balaban J connectivity index is 1.80. The molecular formula is C24H24ClFN4O5S. The SMILES string of the molecule is CCOC(=O)C1=C(CN2CCOCC2/C=C/C(=O)O)NC(c2nccs2)=NC1c1ccc(F)cc1Cl. The minimum atomic E-state index is -1.06. The zero-order valence-electron chi connectivity index (χ0n) is 19.3. The number of morpholine rings is 1. The Labute approximate surface area is 215 Å². The van der Waals surface area contributed by atoms with E-state index in [-0.39, 0.29) is 29.8 Å². The molecular weight excluding hydrogens is 511 g/mol. The molecule has 190 valence electrons. The molecule has 1 aromatic heterocycles. The van der Waals surface area contributed by atoms with Crippen LogP contribution in [0.15, 0.2) is 58.2 Å². The number of nitrogens with one attached hydrogen (secondary N) is 1. The molecule has 12 heteroatoms. The van der Waals surface area contributed by atoms with Gasteiger partial charge in [0, 0.05) is 47.0 Å². The van der Waals surface area contributed by atoms with Gasteiger partial charge in [-0.25, -0.2) is 19.0 Å². The highest BCUT2D eigenvalue weighted by Crippen LogP contribution is 2.37. The number of aliphatic carboxylic acids is 1. The summed E-state index contributed by atoms with van der Waals surface area (Å²) in [6.45, 7) is 3.33. The van der Waals surface area contributed by atoms with E-state index in [1.807, 2.05) is 4.90 Å². The number of carbonyl (C=O) groups is 2. The van der Waals surface area contributed by atoms with Crippen molar-refractivity contribution in [3.8, 4) is 0 Å². The number of hydrogen-bond donors (Lipinski definition) is 2. The number of rotatable bonds is 8. The number of ether oxygens (including phenoxy) is 2. The number of amidine groups is 1. The molecule has 2 atom stereocenters. The Morgan fingerprint density at radius 2 is 2.28 bits per heavy atom. The summed E-state index contributed by atoms with van der Waals surface area (Å²) in [6.07, 6.45) is 4.27. The summed E-state index contributed by atoms with van der Waals surface area (Å²) in [5, 5.41) is 14.9. The summed E-state index contributed by atoms with van der Waals surface area (Å²) >= 11 is 7.77. The van der Waals surface area contributed by atoms with Crippen molar-refractivity contribution in [3.63, 3.8) is 0 Å². The lowest BCUT2D eigenvalue weighted by atomic mass is 9.95. The Morgan fingerprint density at radius 1 is 1.44 bits per heavy atom. The van der Waals surface area contributed by atoms with Crippen LogP contribution in [0.2, 0.25) is 5.02 Å². The van der Waals surface area contributed by atoms with Crippen molar-refractivity contribution >= 4 is 40.7 Å². The van der Waals surface area contributed by atoms with Crippen LogP contribution in [0.4, 0.5) is 4.39 Å². The molecule has 2 N–H and O–H groups in total. The molecule has 1 saturated heterocycles. The maximum atomic E-state index is 13.8. The molecule has 9 nitrogen and oxygen atoms in total. The number of halogens is 2. The highest BCUT2D eigenvalue weighted by molar-refractivity contribution is 7.11. The smallest absolute Gasteiger partial charge is 0.338 e. The lowest BCUT2D eigenvalue weighted by Gasteiger charge is -2.36. The Hall–Kier alpha value is -3.12. The Morgan fingerprint density at radius 3 is 2.97 bits per heavy atom. The minimum absolute atomic E-state index is 0.124. The minimum Gasteiger partial charge on any atom is -0.478 e. The van der Waals surface area contributed by atoms with Gasteiger partial charge >= 0.3 is 11.9 Å². The van der Waals surface area contributed by atoms with Gasteiger partial charge < -0.3 is 19.9 Å². The Kier molecular flexibility index (Phi) is 8.47. The van der Waals surface area contributed by atoms with Crippen LogP contribution >= 0.6 is 22.9 Å².